The Balaban J connectivity index is 1.82. The molecule has 2 aromatic carbocycles. The maximum absolute atomic E-state index is 6.52. The Hall–Kier alpha value is -1.36. The number of benzene rings is 2. The maximum atomic E-state index is 6.52. The van der Waals surface area contributed by atoms with E-state index in [1.165, 1.54) is 0 Å². The predicted octanol–water partition coefficient (Wildman–Crippen LogP) is 6.60. The van der Waals surface area contributed by atoms with Gasteiger partial charge in [-0.05, 0) is 58.1 Å². The first-order valence-corrected chi connectivity index (χ1v) is 9.92. The molecule has 0 saturated heterocycles. The van der Waals surface area contributed by atoms with E-state index in [2.05, 4.69) is 39.5 Å². The first-order chi connectivity index (χ1) is 12.5. The number of anilines is 1. The monoisotopic (exact) mass is 453 g/mol. The molecule has 1 aliphatic heterocycles. The number of allylic oxidation sites excluding steroid dienone is 2. The second kappa shape index (κ2) is 6.99. The second-order valence-electron chi connectivity index (χ2n) is 6.56. The van der Waals surface area contributed by atoms with Crippen LogP contribution in [-0.4, -0.2) is 14.2 Å². The molecule has 6 heteroatoms. The van der Waals surface area contributed by atoms with Crippen LogP contribution in [0.2, 0.25) is 10.0 Å². The van der Waals surface area contributed by atoms with Crippen molar-refractivity contribution in [3.63, 3.8) is 0 Å². The minimum atomic E-state index is 0.119. The van der Waals surface area contributed by atoms with E-state index in [1.54, 1.807) is 14.2 Å². The molecule has 0 spiro atoms. The van der Waals surface area contributed by atoms with E-state index in [-0.39, 0.29) is 12.0 Å². The van der Waals surface area contributed by atoms with Crippen LogP contribution in [0.25, 0.3) is 0 Å². The van der Waals surface area contributed by atoms with Gasteiger partial charge in [0, 0.05) is 27.2 Å². The van der Waals surface area contributed by atoms with E-state index in [0.717, 1.165) is 27.7 Å². The van der Waals surface area contributed by atoms with Crippen molar-refractivity contribution in [1.29, 1.82) is 0 Å². The molecule has 0 saturated carbocycles. The van der Waals surface area contributed by atoms with E-state index >= 15 is 0 Å². The fourth-order valence-corrected chi connectivity index (χ4v) is 5.33. The maximum Gasteiger partial charge on any atom is 0.174 e. The Morgan fingerprint density at radius 1 is 1.12 bits per heavy atom. The average molecular weight is 455 g/mol. The number of methoxy groups -OCH3 is 2. The molecule has 0 amide bonds. The predicted molar refractivity (Wildman–Crippen MR) is 110 cm³/mol. The lowest BCUT2D eigenvalue weighted by Gasteiger charge is -2.38. The van der Waals surface area contributed by atoms with Gasteiger partial charge in [-0.2, -0.15) is 0 Å². The topological polar surface area (TPSA) is 30.5 Å². The summed E-state index contributed by atoms with van der Waals surface area (Å²) < 4.78 is 11.8. The number of fused-ring (bicyclic) bond motifs is 3. The Labute approximate surface area is 171 Å². The molecule has 2 aliphatic rings. The molecule has 136 valence electrons. The fourth-order valence-electron chi connectivity index (χ4n) is 4.09. The van der Waals surface area contributed by atoms with Gasteiger partial charge >= 0.3 is 0 Å². The minimum Gasteiger partial charge on any atom is -0.493 e. The highest BCUT2D eigenvalue weighted by Gasteiger charge is 2.39. The summed E-state index contributed by atoms with van der Waals surface area (Å²) in [4.78, 5) is 0. The normalized spacial score (nSPS) is 23.2. The van der Waals surface area contributed by atoms with Crippen molar-refractivity contribution in [2.45, 2.75) is 18.4 Å². The lowest BCUT2D eigenvalue weighted by Crippen LogP contribution is -2.29. The Kier molecular flexibility index (Phi) is 4.84. The molecule has 0 bridgehead atoms. The SMILES string of the molecule is COc1cc([C@@H]2Nc3cc(Cl)cc(Cl)c3[C@@H]3C=CC[C@H]32)cc(Br)c1OC. The Bertz CT molecular complexity index is 900. The third-order valence-electron chi connectivity index (χ3n) is 5.19. The molecule has 2 aromatic rings. The Morgan fingerprint density at radius 2 is 1.92 bits per heavy atom. The Morgan fingerprint density at radius 3 is 2.65 bits per heavy atom. The van der Waals surface area contributed by atoms with Gasteiger partial charge in [0.1, 0.15) is 0 Å². The number of hydrogen-bond acceptors (Lipinski definition) is 3. The van der Waals surface area contributed by atoms with Crippen LogP contribution in [0.4, 0.5) is 5.69 Å². The number of hydrogen-bond donors (Lipinski definition) is 1. The van der Waals surface area contributed by atoms with Crippen molar-refractivity contribution < 1.29 is 9.47 Å². The minimum absolute atomic E-state index is 0.119. The number of ether oxygens (including phenoxy) is 2. The van der Waals surface area contributed by atoms with Gasteiger partial charge in [0.2, 0.25) is 0 Å². The van der Waals surface area contributed by atoms with Gasteiger partial charge in [-0.3, -0.25) is 0 Å². The van der Waals surface area contributed by atoms with Gasteiger partial charge in [0.05, 0.1) is 24.7 Å². The molecule has 26 heavy (non-hydrogen) atoms. The van der Waals surface area contributed by atoms with Gasteiger partial charge in [-0.1, -0.05) is 35.4 Å². The molecule has 1 N–H and O–H groups in total. The molecule has 1 aliphatic carbocycles. The van der Waals surface area contributed by atoms with Gasteiger partial charge in [-0.25, -0.2) is 0 Å². The zero-order chi connectivity index (χ0) is 18.4. The van der Waals surface area contributed by atoms with Crippen LogP contribution in [0, 0.1) is 5.92 Å². The van der Waals surface area contributed by atoms with Crippen LogP contribution in [0.3, 0.4) is 0 Å². The summed E-state index contributed by atoms with van der Waals surface area (Å²) in [6.45, 7) is 0. The van der Waals surface area contributed by atoms with E-state index in [1.807, 2.05) is 18.2 Å². The van der Waals surface area contributed by atoms with Crippen molar-refractivity contribution in [3.05, 3.63) is 62.1 Å². The zero-order valence-electron chi connectivity index (χ0n) is 14.4. The highest BCUT2D eigenvalue weighted by atomic mass is 79.9. The molecular weight excluding hydrogens is 437 g/mol. The molecule has 0 radical (unpaired) electrons. The summed E-state index contributed by atoms with van der Waals surface area (Å²) in [6, 6.07) is 8.01. The van der Waals surface area contributed by atoms with E-state index in [9.17, 15) is 0 Å². The third-order valence-corrected chi connectivity index (χ3v) is 6.31. The molecule has 0 aromatic heterocycles. The van der Waals surface area contributed by atoms with Gasteiger partial charge < -0.3 is 14.8 Å². The quantitative estimate of drug-likeness (QED) is 0.530. The largest absolute Gasteiger partial charge is 0.493 e. The van der Waals surface area contributed by atoms with E-state index in [0.29, 0.717) is 27.5 Å². The average Bonchev–Trinajstić information content (AvgIpc) is 3.09. The van der Waals surface area contributed by atoms with Crippen LogP contribution in [-0.2, 0) is 0 Å². The number of halogens is 3. The van der Waals surface area contributed by atoms with Crippen LogP contribution in [0.1, 0.15) is 29.5 Å². The molecule has 1 heterocycles. The lowest BCUT2D eigenvalue weighted by molar-refractivity contribution is 0.351. The lowest BCUT2D eigenvalue weighted by atomic mass is 9.77. The second-order valence-corrected chi connectivity index (χ2v) is 8.26. The summed E-state index contributed by atoms with van der Waals surface area (Å²) in [5.74, 6) is 2.05. The smallest absolute Gasteiger partial charge is 0.174 e. The molecular formula is C20H18BrCl2NO2. The standard InChI is InChI=1S/C20H18BrCl2NO2/c1-25-17-7-10(6-14(21)20(17)26-2)19-13-5-3-4-12(13)18-15(23)8-11(22)9-16(18)24-19/h3-4,6-9,12-13,19,24H,5H2,1-2H3/t12-,13-,19+/m1/s1. The van der Waals surface area contributed by atoms with Gasteiger partial charge in [0.15, 0.2) is 11.5 Å². The van der Waals surface area contributed by atoms with Crippen molar-refractivity contribution in [2.75, 3.05) is 19.5 Å². The molecule has 3 atom stereocenters. The first kappa shape index (κ1) is 18.0. The van der Waals surface area contributed by atoms with Crippen LogP contribution in [0.15, 0.2) is 40.9 Å². The van der Waals surface area contributed by atoms with Crippen LogP contribution in [0.5, 0.6) is 11.5 Å². The number of rotatable bonds is 3. The van der Waals surface area contributed by atoms with Gasteiger partial charge in [-0.15, -0.1) is 0 Å². The molecule has 3 nitrogen and oxygen atoms in total. The van der Waals surface area contributed by atoms with Crippen molar-refractivity contribution in [3.8, 4) is 11.5 Å². The van der Waals surface area contributed by atoms with Crippen molar-refractivity contribution in [2.24, 2.45) is 5.92 Å². The highest BCUT2D eigenvalue weighted by molar-refractivity contribution is 9.10. The number of nitrogens with one attached hydrogen (secondary N) is 1. The highest BCUT2D eigenvalue weighted by Crippen LogP contribution is 2.53. The zero-order valence-corrected chi connectivity index (χ0v) is 17.5. The van der Waals surface area contributed by atoms with Crippen LogP contribution < -0.4 is 14.8 Å². The third kappa shape index (κ3) is 2.88. The van der Waals surface area contributed by atoms with Crippen molar-refractivity contribution >= 4 is 44.8 Å². The van der Waals surface area contributed by atoms with Crippen molar-refractivity contribution in [1.82, 2.24) is 0 Å². The fraction of sp³-hybridized carbons (Fsp3) is 0.300. The summed E-state index contributed by atoms with van der Waals surface area (Å²) in [7, 11) is 3.29. The first-order valence-electron chi connectivity index (χ1n) is 8.37. The summed E-state index contributed by atoms with van der Waals surface area (Å²) in [5, 5.41) is 5.01. The summed E-state index contributed by atoms with van der Waals surface area (Å²) in [6.07, 6.45) is 5.49. The van der Waals surface area contributed by atoms with Gasteiger partial charge in [0.25, 0.3) is 0 Å². The molecule has 0 unspecified atom stereocenters. The summed E-state index contributed by atoms with van der Waals surface area (Å²) >= 11 is 16.4. The van der Waals surface area contributed by atoms with E-state index in [4.69, 9.17) is 32.7 Å². The van der Waals surface area contributed by atoms with Crippen LogP contribution >= 0.6 is 39.1 Å². The summed E-state index contributed by atoms with van der Waals surface area (Å²) in [5.41, 5.74) is 3.26. The molecule has 4 rings (SSSR count). The molecule has 0 fully saturated rings. The van der Waals surface area contributed by atoms with E-state index < -0.39 is 0 Å².